The van der Waals surface area contributed by atoms with Gasteiger partial charge in [-0.15, -0.1) is 0 Å². The van der Waals surface area contributed by atoms with Crippen LogP contribution in [0.25, 0.3) is 0 Å². The van der Waals surface area contributed by atoms with Crippen molar-refractivity contribution in [2.45, 2.75) is 19.5 Å². The van der Waals surface area contributed by atoms with Crippen LogP contribution in [0.4, 0.5) is 0 Å². The van der Waals surface area contributed by atoms with E-state index in [9.17, 15) is 0 Å². The highest BCUT2D eigenvalue weighted by molar-refractivity contribution is 6.42. The van der Waals surface area contributed by atoms with Gasteiger partial charge in [0.15, 0.2) is 0 Å². The summed E-state index contributed by atoms with van der Waals surface area (Å²) in [6.07, 6.45) is 6.63. The quantitative estimate of drug-likeness (QED) is 0.780. The molecule has 1 N–H and O–H groups in total. The molecule has 0 aliphatic rings. The van der Waals surface area contributed by atoms with E-state index in [1.807, 2.05) is 24.7 Å². The predicted octanol–water partition coefficient (Wildman–Crippen LogP) is 0.374. The third-order valence-electron chi connectivity index (χ3n) is 2.68. The molecule has 0 unspecified atom stereocenters. The Morgan fingerprint density at radius 2 is 2.11 bits per heavy atom. The molecule has 1 aromatic carbocycles. The Balaban J connectivity index is 0.00000180. The molecule has 0 saturated carbocycles. The zero-order chi connectivity index (χ0) is 12.8. The van der Waals surface area contributed by atoms with Gasteiger partial charge in [0.05, 0.1) is 16.4 Å². The summed E-state index contributed by atoms with van der Waals surface area (Å²) in [6, 6.07) is 5.69. The van der Waals surface area contributed by atoms with Crippen molar-refractivity contribution in [2.24, 2.45) is 0 Å². The second-order valence-electron chi connectivity index (χ2n) is 4.04. The van der Waals surface area contributed by atoms with E-state index in [2.05, 4.69) is 14.9 Å². The Bertz CT molecular complexity index is 486. The first-order valence-corrected chi connectivity index (χ1v) is 6.62. The van der Waals surface area contributed by atoms with Gasteiger partial charge >= 0.3 is 0 Å². The van der Waals surface area contributed by atoms with Gasteiger partial charge in [0, 0.05) is 25.5 Å². The van der Waals surface area contributed by atoms with Gasteiger partial charge in [-0.2, -0.15) is 0 Å². The van der Waals surface area contributed by atoms with E-state index in [1.165, 1.54) is 0 Å². The van der Waals surface area contributed by atoms with Crippen LogP contribution < -0.4 is 17.7 Å². The Morgan fingerprint density at radius 1 is 1.26 bits per heavy atom. The third kappa shape index (κ3) is 5.03. The largest absolute Gasteiger partial charge is 1.00 e. The molecular formula is C13H15Cl3N3-. The molecule has 104 valence electrons. The fourth-order valence-corrected chi connectivity index (χ4v) is 2.10. The Labute approximate surface area is 129 Å². The van der Waals surface area contributed by atoms with E-state index in [0.29, 0.717) is 10.0 Å². The van der Waals surface area contributed by atoms with Gasteiger partial charge in [-0.1, -0.05) is 35.3 Å². The van der Waals surface area contributed by atoms with Crippen LogP contribution in [0.3, 0.4) is 0 Å². The number of benzene rings is 1. The minimum absolute atomic E-state index is 0. The molecule has 0 atom stereocenters. The summed E-state index contributed by atoms with van der Waals surface area (Å²) in [5.74, 6) is 0. The van der Waals surface area contributed by atoms with Crippen molar-refractivity contribution >= 4 is 23.2 Å². The van der Waals surface area contributed by atoms with Crippen LogP contribution in [0.2, 0.25) is 10.0 Å². The van der Waals surface area contributed by atoms with Crippen LogP contribution in [0, 0.1) is 0 Å². The smallest absolute Gasteiger partial charge is 0.0945 e. The van der Waals surface area contributed by atoms with Crippen LogP contribution >= 0.6 is 23.2 Å². The Kier molecular flexibility index (Phi) is 7.24. The van der Waals surface area contributed by atoms with Gasteiger partial charge in [0.25, 0.3) is 0 Å². The van der Waals surface area contributed by atoms with Gasteiger partial charge in [-0.25, -0.2) is 4.98 Å². The SMILES string of the molecule is Clc1cccc(CNCCCn2ccnc2)c1Cl.[Cl-]. The Morgan fingerprint density at radius 3 is 2.84 bits per heavy atom. The van der Waals surface area contributed by atoms with E-state index < -0.39 is 0 Å². The van der Waals surface area contributed by atoms with Crippen LogP contribution in [-0.4, -0.2) is 16.1 Å². The van der Waals surface area contributed by atoms with E-state index in [0.717, 1.165) is 31.6 Å². The number of nitrogens with zero attached hydrogens (tertiary/aromatic N) is 2. The molecule has 0 aliphatic heterocycles. The number of hydrogen-bond donors (Lipinski definition) is 1. The van der Waals surface area contributed by atoms with Crippen molar-refractivity contribution in [3.05, 3.63) is 52.5 Å². The number of imidazole rings is 1. The van der Waals surface area contributed by atoms with Gasteiger partial charge in [-0.3, -0.25) is 0 Å². The first kappa shape index (κ1) is 16.3. The fourth-order valence-electron chi connectivity index (χ4n) is 1.71. The third-order valence-corrected chi connectivity index (χ3v) is 3.53. The maximum atomic E-state index is 6.10. The van der Waals surface area contributed by atoms with Crippen molar-refractivity contribution < 1.29 is 12.4 Å². The van der Waals surface area contributed by atoms with Crippen LogP contribution in [0.5, 0.6) is 0 Å². The molecular weight excluding hydrogens is 305 g/mol. The standard InChI is InChI=1S/C13H15Cl2N3.ClH/c14-12-4-1-3-11(13(12)15)9-16-5-2-7-18-8-6-17-10-18;/h1,3-4,6,8,10,16H,2,5,7,9H2;1H/p-1. The van der Waals surface area contributed by atoms with Crippen LogP contribution in [-0.2, 0) is 13.1 Å². The lowest BCUT2D eigenvalue weighted by molar-refractivity contribution is -0.00000359. The zero-order valence-electron chi connectivity index (χ0n) is 10.3. The monoisotopic (exact) mass is 318 g/mol. The van der Waals surface area contributed by atoms with Crippen LogP contribution in [0.15, 0.2) is 36.9 Å². The van der Waals surface area contributed by atoms with Crippen molar-refractivity contribution in [1.82, 2.24) is 14.9 Å². The molecule has 0 bridgehead atoms. The molecule has 0 amide bonds. The zero-order valence-corrected chi connectivity index (χ0v) is 12.6. The number of hydrogen-bond acceptors (Lipinski definition) is 2. The van der Waals surface area contributed by atoms with Crippen molar-refractivity contribution in [1.29, 1.82) is 0 Å². The van der Waals surface area contributed by atoms with Crippen molar-refractivity contribution in [3.63, 3.8) is 0 Å². The van der Waals surface area contributed by atoms with Gasteiger partial charge in [-0.05, 0) is 24.6 Å². The first-order valence-electron chi connectivity index (χ1n) is 5.86. The van der Waals surface area contributed by atoms with E-state index in [1.54, 1.807) is 12.3 Å². The maximum absolute atomic E-state index is 6.10. The van der Waals surface area contributed by atoms with Crippen molar-refractivity contribution in [3.8, 4) is 0 Å². The molecule has 0 radical (unpaired) electrons. The highest BCUT2D eigenvalue weighted by atomic mass is 35.5. The number of aryl methyl sites for hydroxylation is 1. The topological polar surface area (TPSA) is 29.9 Å². The minimum Gasteiger partial charge on any atom is -1.00 e. The number of rotatable bonds is 6. The first-order chi connectivity index (χ1) is 8.77. The average Bonchev–Trinajstić information content (AvgIpc) is 2.87. The maximum Gasteiger partial charge on any atom is 0.0945 e. The average molecular weight is 320 g/mol. The molecule has 1 aromatic heterocycles. The van der Waals surface area contributed by atoms with E-state index in [4.69, 9.17) is 23.2 Å². The molecule has 2 aromatic rings. The van der Waals surface area contributed by atoms with Gasteiger partial charge in [0.1, 0.15) is 0 Å². The molecule has 3 nitrogen and oxygen atoms in total. The molecule has 0 aliphatic carbocycles. The summed E-state index contributed by atoms with van der Waals surface area (Å²) in [5.41, 5.74) is 1.03. The summed E-state index contributed by atoms with van der Waals surface area (Å²) < 4.78 is 2.06. The van der Waals surface area contributed by atoms with Gasteiger partial charge in [0.2, 0.25) is 0 Å². The lowest BCUT2D eigenvalue weighted by Crippen LogP contribution is -3.00. The molecule has 6 heteroatoms. The summed E-state index contributed by atoms with van der Waals surface area (Å²) in [7, 11) is 0. The number of halogens is 3. The minimum atomic E-state index is 0. The van der Waals surface area contributed by atoms with E-state index >= 15 is 0 Å². The van der Waals surface area contributed by atoms with Crippen LogP contribution in [0.1, 0.15) is 12.0 Å². The fraction of sp³-hybridized carbons (Fsp3) is 0.308. The molecule has 2 rings (SSSR count). The van der Waals surface area contributed by atoms with E-state index in [-0.39, 0.29) is 12.4 Å². The predicted molar refractivity (Wildman–Crippen MR) is 75.0 cm³/mol. The lowest BCUT2D eigenvalue weighted by atomic mass is 10.2. The van der Waals surface area contributed by atoms with Crippen molar-refractivity contribution in [2.75, 3.05) is 6.54 Å². The Hall–Kier alpha value is -0.740. The second-order valence-corrected chi connectivity index (χ2v) is 4.83. The summed E-state index contributed by atoms with van der Waals surface area (Å²) >= 11 is 12.1. The van der Waals surface area contributed by atoms with Gasteiger partial charge < -0.3 is 22.3 Å². The second kappa shape index (κ2) is 8.43. The molecule has 19 heavy (non-hydrogen) atoms. The lowest BCUT2D eigenvalue weighted by Gasteiger charge is -2.08. The molecule has 0 fully saturated rings. The summed E-state index contributed by atoms with van der Waals surface area (Å²) in [5, 5.41) is 4.60. The highest BCUT2D eigenvalue weighted by Gasteiger charge is 2.03. The summed E-state index contributed by atoms with van der Waals surface area (Å²) in [6.45, 7) is 2.64. The number of aromatic nitrogens is 2. The normalized spacial score (nSPS) is 10.2. The molecule has 1 heterocycles. The highest BCUT2D eigenvalue weighted by Crippen LogP contribution is 2.25. The molecule has 0 saturated heterocycles. The molecule has 0 spiro atoms. The number of nitrogens with one attached hydrogen (secondary N) is 1. The summed E-state index contributed by atoms with van der Waals surface area (Å²) in [4.78, 5) is 4.00.